The summed E-state index contributed by atoms with van der Waals surface area (Å²) in [6, 6.07) is 0.137. The largest absolute Gasteiger partial charge is 0.481 e. The van der Waals surface area contributed by atoms with Gasteiger partial charge in [0.15, 0.2) is 0 Å². The fraction of sp³-hybridized carbons (Fsp3) is 0.692. The number of nitrogens with zero attached hydrogens (tertiary/aromatic N) is 3. The zero-order chi connectivity index (χ0) is 15.0. The molecule has 7 nitrogen and oxygen atoms in total. The third-order valence-electron chi connectivity index (χ3n) is 3.86. The second-order valence-electron chi connectivity index (χ2n) is 5.83. The van der Waals surface area contributed by atoms with Crippen LogP contribution in [0.3, 0.4) is 0 Å². The van der Waals surface area contributed by atoms with Crippen LogP contribution in [0.2, 0.25) is 0 Å². The van der Waals surface area contributed by atoms with Crippen molar-refractivity contribution in [1.29, 1.82) is 0 Å². The average molecular weight is 313 g/mol. The van der Waals surface area contributed by atoms with E-state index in [1.807, 2.05) is 0 Å². The van der Waals surface area contributed by atoms with Gasteiger partial charge in [-0.2, -0.15) is 9.40 Å². The monoisotopic (exact) mass is 313 g/mol. The molecule has 0 spiro atoms. The van der Waals surface area contributed by atoms with Gasteiger partial charge in [-0.25, -0.2) is 8.42 Å². The second kappa shape index (κ2) is 5.42. The van der Waals surface area contributed by atoms with Gasteiger partial charge in [0.05, 0.1) is 19.2 Å². The van der Waals surface area contributed by atoms with E-state index >= 15 is 0 Å². The minimum atomic E-state index is -3.51. The maximum atomic E-state index is 12.7. The summed E-state index contributed by atoms with van der Waals surface area (Å²) in [5, 5.41) is 12.6. The fourth-order valence-corrected chi connectivity index (χ4v) is 4.02. The molecule has 1 aromatic rings. The van der Waals surface area contributed by atoms with Crippen LogP contribution in [0.5, 0.6) is 0 Å². The molecule has 1 aromatic heterocycles. The lowest BCUT2D eigenvalue weighted by molar-refractivity contribution is -0.137. The van der Waals surface area contributed by atoms with Crippen molar-refractivity contribution < 1.29 is 18.3 Å². The lowest BCUT2D eigenvalue weighted by atomic mass is 10.4. The third kappa shape index (κ3) is 3.44. The van der Waals surface area contributed by atoms with E-state index in [9.17, 15) is 13.2 Å². The van der Waals surface area contributed by atoms with E-state index in [-0.39, 0.29) is 23.9 Å². The van der Waals surface area contributed by atoms with E-state index in [0.29, 0.717) is 12.5 Å². The summed E-state index contributed by atoms with van der Waals surface area (Å²) in [5.74, 6) is -0.425. The maximum absolute atomic E-state index is 12.7. The first kappa shape index (κ1) is 14.5. The Morgan fingerprint density at radius 2 is 2.10 bits per heavy atom. The van der Waals surface area contributed by atoms with Gasteiger partial charge >= 0.3 is 5.97 Å². The molecule has 3 rings (SSSR count). The van der Waals surface area contributed by atoms with E-state index in [2.05, 4.69) is 5.10 Å². The molecule has 0 amide bonds. The van der Waals surface area contributed by atoms with Crippen molar-refractivity contribution in [3.8, 4) is 0 Å². The quantitative estimate of drug-likeness (QED) is 0.770. The third-order valence-corrected chi connectivity index (χ3v) is 5.73. The molecule has 8 heteroatoms. The minimum Gasteiger partial charge on any atom is -0.481 e. The number of hydrogen-bond acceptors (Lipinski definition) is 4. The van der Waals surface area contributed by atoms with Crippen LogP contribution in [0.1, 0.15) is 32.1 Å². The summed E-state index contributed by atoms with van der Waals surface area (Å²) < 4.78 is 28.4. The predicted molar refractivity (Wildman–Crippen MR) is 74.1 cm³/mol. The van der Waals surface area contributed by atoms with Crippen LogP contribution in [0.25, 0.3) is 0 Å². The minimum absolute atomic E-state index is 0.0738. The van der Waals surface area contributed by atoms with Crippen molar-refractivity contribution in [3.63, 3.8) is 0 Å². The highest BCUT2D eigenvalue weighted by molar-refractivity contribution is 7.89. The Bertz CT molecular complexity index is 632. The molecular formula is C13H19N3O4S. The van der Waals surface area contributed by atoms with Gasteiger partial charge < -0.3 is 5.11 Å². The number of sulfonamides is 1. The number of carboxylic acid groups (broad SMARTS) is 1. The Kier molecular flexibility index (Phi) is 3.75. The van der Waals surface area contributed by atoms with Gasteiger partial charge in [-0.3, -0.25) is 9.48 Å². The molecule has 2 fully saturated rings. The summed E-state index contributed by atoms with van der Waals surface area (Å²) in [4.78, 5) is 10.7. The van der Waals surface area contributed by atoms with Crippen LogP contribution in [-0.4, -0.2) is 46.2 Å². The molecule has 0 saturated heterocycles. The number of carboxylic acids is 1. The molecule has 0 radical (unpaired) electrons. The first-order chi connectivity index (χ1) is 9.96. The maximum Gasteiger partial charge on any atom is 0.305 e. The zero-order valence-corrected chi connectivity index (χ0v) is 12.5. The molecule has 116 valence electrons. The number of aryl methyl sites for hydroxylation is 1. The molecule has 0 atom stereocenters. The molecule has 2 saturated carbocycles. The molecular weight excluding hydrogens is 294 g/mol. The van der Waals surface area contributed by atoms with E-state index in [1.165, 1.54) is 17.1 Å². The van der Waals surface area contributed by atoms with E-state index < -0.39 is 16.0 Å². The van der Waals surface area contributed by atoms with Crippen LogP contribution < -0.4 is 0 Å². The normalized spacial score (nSPS) is 19.1. The highest BCUT2D eigenvalue weighted by Gasteiger charge is 2.41. The Morgan fingerprint density at radius 3 is 2.67 bits per heavy atom. The summed E-state index contributed by atoms with van der Waals surface area (Å²) >= 11 is 0. The number of aliphatic carboxylic acids is 1. The van der Waals surface area contributed by atoms with Gasteiger partial charge in [-0.05, 0) is 31.6 Å². The van der Waals surface area contributed by atoms with Crippen molar-refractivity contribution in [2.24, 2.45) is 5.92 Å². The highest BCUT2D eigenvalue weighted by atomic mass is 32.2. The van der Waals surface area contributed by atoms with Crippen LogP contribution in [0.15, 0.2) is 17.3 Å². The predicted octanol–water partition coefficient (Wildman–Crippen LogP) is 0.921. The lowest BCUT2D eigenvalue weighted by Gasteiger charge is -2.20. The van der Waals surface area contributed by atoms with Crippen molar-refractivity contribution in [2.45, 2.75) is 49.6 Å². The van der Waals surface area contributed by atoms with Crippen molar-refractivity contribution in [2.75, 3.05) is 6.54 Å². The van der Waals surface area contributed by atoms with Crippen LogP contribution in [0.4, 0.5) is 0 Å². The molecule has 0 bridgehead atoms. The van der Waals surface area contributed by atoms with Gasteiger partial charge in [-0.15, -0.1) is 0 Å². The van der Waals surface area contributed by atoms with Gasteiger partial charge in [0.2, 0.25) is 10.0 Å². The molecule has 21 heavy (non-hydrogen) atoms. The Balaban J connectivity index is 1.74. The second-order valence-corrected chi connectivity index (χ2v) is 7.72. The van der Waals surface area contributed by atoms with Crippen LogP contribution in [-0.2, 0) is 21.4 Å². The first-order valence-corrected chi connectivity index (χ1v) is 8.67. The molecule has 1 N–H and O–H groups in total. The summed E-state index contributed by atoms with van der Waals surface area (Å²) in [6.07, 6.45) is 6.75. The molecule has 0 aromatic carbocycles. The molecule has 0 aliphatic heterocycles. The van der Waals surface area contributed by atoms with Crippen LogP contribution >= 0.6 is 0 Å². The van der Waals surface area contributed by atoms with Gasteiger partial charge in [0.1, 0.15) is 4.90 Å². The Labute approximate surface area is 123 Å². The zero-order valence-electron chi connectivity index (χ0n) is 11.7. The molecule has 1 heterocycles. The van der Waals surface area contributed by atoms with Gasteiger partial charge in [0.25, 0.3) is 0 Å². The van der Waals surface area contributed by atoms with E-state index in [1.54, 1.807) is 4.31 Å². The Morgan fingerprint density at radius 1 is 1.38 bits per heavy atom. The highest BCUT2D eigenvalue weighted by Crippen LogP contribution is 2.37. The number of carbonyl (C=O) groups is 1. The SMILES string of the molecule is O=C(O)CCn1cc(S(=O)(=O)N(CC2CC2)C2CC2)cn1. The van der Waals surface area contributed by atoms with E-state index in [4.69, 9.17) is 5.11 Å². The smallest absolute Gasteiger partial charge is 0.305 e. The van der Waals surface area contributed by atoms with Crippen molar-refractivity contribution >= 4 is 16.0 Å². The fourth-order valence-electron chi connectivity index (χ4n) is 2.31. The van der Waals surface area contributed by atoms with Crippen molar-refractivity contribution in [3.05, 3.63) is 12.4 Å². The summed E-state index contributed by atoms with van der Waals surface area (Å²) in [6.45, 7) is 0.782. The number of hydrogen-bond donors (Lipinski definition) is 1. The topological polar surface area (TPSA) is 92.5 Å². The number of rotatable bonds is 8. The summed E-state index contributed by atoms with van der Waals surface area (Å²) in [7, 11) is -3.51. The van der Waals surface area contributed by atoms with Crippen LogP contribution in [0, 0.1) is 5.92 Å². The standard InChI is InChI=1S/C13H19N3O4S/c17-13(18)5-6-15-9-12(7-14-15)21(19,20)16(11-3-4-11)8-10-1-2-10/h7,9-11H,1-6,8H2,(H,17,18). The summed E-state index contributed by atoms with van der Waals surface area (Å²) in [5.41, 5.74) is 0. The van der Waals surface area contributed by atoms with Gasteiger partial charge in [0, 0.05) is 18.8 Å². The molecule has 2 aliphatic rings. The lowest BCUT2D eigenvalue weighted by Crippen LogP contribution is -2.34. The van der Waals surface area contributed by atoms with Crippen molar-refractivity contribution in [1.82, 2.24) is 14.1 Å². The average Bonchev–Trinajstić information content (AvgIpc) is 3.32. The van der Waals surface area contributed by atoms with Gasteiger partial charge in [-0.1, -0.05) is 0 Å². The molecule has 0 unspecified atom stereocenters. The molecule has 2 aliphatic carbocycles. The number of aromatic nitrogens is 2. The Hall–Kier alpha value is -1.41. The van der Waals surface area contributed by atoms with E-state index in [0.717, 1.165) is 25.7 Å². The first-order valence-electron chi connectivity index (χ1n) is 7.23.